The van der Waals surface area contributed by atoms with Crippen molar-refractivity contribution in [1.82, 2.24) is 10.2 Å². The fraction of sp³-hybridized carbons (Fsp3) is 0.385. The number of amides is 1. The van der Waals surface area contributed by atoms with Crippen molar-refractivity contribution in [3.63, 3.8) is 0 Å². The van der Waals surface area contributed by atoms with Crippen LogP contribution in [0.1, 0.15) is 58.8 Å². The monoisotopic (exact) mass is 416 g/mol. The number of anilines is 1. The summed E-state index contributed by atoms with van der Waals surface area (Å²) in [6, 6.07) is 12.2. The average Bonchev–Trinajstić information content (AvgIpc) is 3.25. The highest BCUT2D eigenvalue weighted by molar-refractivity contribution is 5.96. The first-order valence-electron chi connectivity index (χ1n) is 11.0. The fourth-order valence-electron chi connectivity index (χ4n) is 5.22. The Hall–Kier alpha value is -2.92. The molecule has 2 aromatic carbocycles. The van der Waals surface area contributed by atoms with Gasteiger partial charge in [-0.15, -0.1) is 0 Å². The number of nitrogens with one attached hydrogen (secondary N) is 2. The van der Waals surface area contributed by atoms with Crippen LogP contribution in [-0.2, 0) is 11.8 Å². The van der Waals surface area contributed by atoms with Crippen LogP contribution < -0.4 is 11.1 Å². The summed E-state index contributed by atoms with van der Waals surface area (Å²) in [5, 5.41) is 10.9. The predicted molar refractivity (Wildman–Crippen MR) is 128 cm³/mol. The number of benzene rings is 2. The highest BCUT2D eigenvalue weighted by Crippen LogP contribution is 2.52. The van der Waals surface area contributed by atoms with E-state index < -0.39 is 0 Å². The van der Waals surface area contributed by atoms with Gasteiger partial charge in [-0.1, -0.05) is 30.7 Å². The molecule has 1 atom stereocenters. The molecule has 0 fully saturated rings. The molecule has 162 valence electrons. The average molecular weight is 417 g/mol. The minimum absolute atomic E-state index is 0.0283. The van der Waals surface area contributed by atoms with Gasteiger partial charge in [-0.2, -0.15) is 0 Å². The Kier molecular flexibility index (Phi) is 5.71. The molecule has 5 heteroatoms. The second-order valence-corrected chi connectivity index (χ2v) is 9.20. The first-order valence-corrected chi connectivity index (χ1v) is 11.0. The van der Waals surface area contributed by atoms with Crippen LogP contribution in [0.15, 0.2) is 42.0 Å². The Labute approximate surface area is 184 Å². The standard InChI is InChI=1S/C26H32N4O/c1-26(19-10-7-17(8-11-19)25(31)29-13-14-30(2)3)15-18-9-12-23(28)21(16-27)24(18)20-5-4-6-22(20)26/h7-12,16,27H,4-6,13-15,28H2,1-3H3,(H,29,31). The van der Waals surface area contributed by atoms with Crippen LogP contribution in [-0.4, -0.2) is 44.2 Å². The van der Waals surface area contributed by atoms with Gasteiger partial charge in [0, 0.05) is 41.5 Å². The number of rotatable bonds is 6. The third-order valence-electron chi connectivity index (χ3n) is 6.87. The molecule has 1 amide bonds. The number of nitrogen functional groups attached to an aromatic ring is 1. The summed E-state index contributed by atoms with van der Waals surface area (Å²) in [6.45, 7) is 3.78. The Bertz CT molecular complexity index is 1050. The van der Waals surface area contributed by atoms with Gasteiger partial charge in [0.25, 0.3) is 5.91 Å². The summed E-state index contributed by atoms with van der Waals surface area (Å²) in [7, 11) is 3.99. The molecule has 5 nitrogen and oxygen atoms in total. The highest BCUT2D eigenvalue weighted by atomic mass is 16.1. The van der Waals surface area contributed by atoms with Crippen LogP contribution in [0.2, 0.25) is 0 Å². The van der Waals surface area contributed by atoms with Crippen molar-refractivity contribution in [3.8, 4) is 0 Å². The summed E-state index contributed by atoms with van der Waals surface area (Å²) >= 11 is 0. The van der Waals surface area contributed by atoms with Crippen LogP contribution in [0, 0.1) is 5.41 Å². The van der Waals surface area contributed by atoms with Gasteiger partial charge in [-0.3, -0.25) is 4.79 Å². The molecular weight excluding hydrogens is 384 g/mol. The van der Waals surface area contributed by atoms with Crippen molar-refractivity contribution in [3.05, 3.63) is 69.8 Å². The zero-order valence-corrected chi connectivity index (χ0v) is 18.7. The molecule has 0 saturated heterocycles. The van der Waals surface area contributed by atoms with Crippen molar-refractivity contribution in [1.29, 1.82) is 5.41 Å². The lowest BCUT2D eigenvalue weighted by Crippen LogP contribution is -2.32. The maximum Gasteiger partial charge on any atom is 0.251 e. The Morgan fingerprint density at radius 3 is 2.61 bits per heavy atom. The van der Waals surface area contributed by atoms with Gasteiger partial charge in [0.15, 0.2) is 0 Å². The molecule has 0 aliphatic heterocycles. The molecular formula is C26H32N4O. The number of likely N-dealkylation sites (N-methyl/N-ethyl adjacent to an activating group) is 1. The van der Waals surface area contributed by atoms with Gasteiger partial charge in [-0.05, 0) is 80.2 Å². The van der Waals surface area contributed by atoms with Crippen LogP contribution >= 0.6 is 0 Å². The van der Waals surface area contributed by atoms with E-state index in [0.717, 1.165) is 37.8 Å². The number of carbonyl (C=O) groups is 1. The molecule has 0 aromatic heterocycles. The van der Waals surface area contributed by atoms with E-state index in [9.17, 15) is 4.79 Å². The molecule has 4 N–H and O–H groups in total. The predicted octanol–water partition coefficient (Wildman–Crippen LogP) is 4.01. The largest absolute Gasteiger partial charge is 0.398 e. The molecule has 1 unspecified atom stereocenters. The van der Waals surface area contributed by atoms with Gasteiger partial charge in [0.1, 0.15) is 0 Å². The molecule has 0 bridgehead atoms. The van der Waals surface area contributed by atoms with Crippen LogP contribution in [0.4, 0.5) is 5.69 Å². The quantitative estimate of drug-likeness (QED) is 0.492. The third-order valence-corrected chi connectivity index (χ3v) is 6.87. The molecule has 2 aliphatic carbocycles. The number of carbonyl (C=O) groups excluding carboxylic acids is 1. The van der Waals surface area contributed by atoms with Crippen LogP contribution in [0.5, 0.6) is 0 Å². The zero-order chi connectivity index (χ0) is 22.2. The number of fused-ring (bicyclic) bond motifs is 2. The minimum Gasteiger partial charge on any atom is -0.398 e. The summed E-state index contributed by atoms with van der Waals surface area (Å²) in [5.41, 5.74) is 14.9. The second-order valence-electron chi connectivity index (χ2n) is 9.20. The lowest BCUT2D eigenvalue weighted by atomic mass is 9.65. The van der Waals surface area contributed by atoms with Gasteiger partial charge in [0.05, 0.1) is 0 Å². The molecule has 4 rings (SSSR count). The first kappa shape index (κ1) is 21.3. The third kappa shape index (κ3) is 3.79. The van der Waals surface area contributed by atoms with Crippen molar-refractivity contribution < 1.29 is 4.79 Å². The summed E-state index contributed by atoms with van der Waals surface area (Å²) < 4.78 is 0. The van der Waals surface area contributed by atoms with Crippen molar-refractivity contribution in [2.75, 3.05) is 32.9 Å². The zero-order valence-electron chi connectivity index (χ0n) is 18.7. The highest BCUT2D eigenvalue weighted by Gasteiger charge is 2.40. The second kappa shape index (κ2) is 8.31. The Morgan fingerprint density at radius 1 is 1.19 bits per heavy atom. The molecule has 0 saturated carbocycles. The van der Waals surface area contributed by atoms with E-state index in [1.807, 2.05) is 32.3 Å². The molecule has 2 aromatic rings. The SMILES string of the molecule is CN(C)CCNC(=O)c1ccc(C2(C)Cc3ccc(N)c(C=N)c3C3=C2CCC3)cc1. The molecule has 0 spiro atoms. The van der Waals surface area contributed by atoms with E-state index in [0.29, 0.717) is 17.8 Å². The molecule has 2 aliphatic rings. The van der Waals surface area contributed by atoms with Gasteiger partial charge in [-0.25, -0.2) is 0 Å². The van der Waals surface area contributed by atoms with Crippen LogP contribution in [0.25, 0.3) is 5.57 Å². The topological polar surface area (TPSA) is 82.2 Å². The van der Waals surface area contributed by atoms with Crippen molar-refractivity contribution >= 4 is 23.4 Å². The summed E-state index contributed by atoms with van der Waals surface area (Å²) in [6.07, 6.45) is 5.54. The van der Waals surface area contributed by atoms with Gasteiger partial charge >= 0.3 is 0 Å². The molecule has 31 heavy (non-hydrogen) atoms. The van der Waals surface area contributed by atoms with E-state index in [4.69, 9.17) is 11.1 Å². The summed E-state index contributed by atoms with van der Waals surface area (Å²) in [5.74, 6) is -0.0283. The van der Waals surface area contributed by atoms with E-state index in [-0.39, 0.29) is 11.3 Å². The minimum atomic E-state index is -0.103. The number of hydrogen-bond donors (Lipinski definition) is 3. The lowest BCUT2D eigenvalue weighted by Gasteiger charge is -2.38. The number of hydrogen-bond acceptors (Lipinski definition) is 4. The van der Waals surface area contributed by atoms with E-state index >= 15 is 0 Å². The van der Waals surface area contributed by atoms with Gasteiger partial charge < -0.3 is 21.4 Å². The Morgan fingerprint density at radius 2 is 1.94 bits per heavy atom. The van der Waals surface area contributed by atoms with Crippen molar-refractivity contribution in [2.24, 2.45) is 0 Å². The maximum absolute atomic E-state index is 12.5. The summed E-state index contributed by atoms with van der Waals surface area (Å²) in [4.78, 5) is 14.5. The van der Waals surface area contributed by atoms with E-state index in [1.54, 1.807) is 0 Å². The van der Waals surface area contributed by atoms with E-state index in [1.165, 1.54) is 34.1 Å². The van der Waals surface area contributed by atoms with Gasteiger partial charge in [0.2, 0.25) is 0 Å². The van der Waals surface area contributed by atoms with Crippen molar-refractivity contribution in [2.45, 2.75) is 38.0 Å². The van der Waals surface area contributed by atoms with Crippen LogP contribution in [0.3, 0.4) is 0 Å². The number of allylic oxidation sites excluding steroid dienone is 2. The maximum atomic E-state index is 12.5. The number of nitrogens with zero attached hydrogens (tertiary/aromatic N) is 1. The normalized spacial score (nSPS) is 19.9. The fourth-order valence-corrected chi connectivity index (χ4v) is 5.22. The number of nitrogens with two attached hydrogens (primary N) is 1. The smallest absolute Gasteiger partial charge is 0.251 e. The first-order chi connectivity index (χ1) is 14.8. The molecule has 0 radical (unpaired) electrons. The lowest BCUT2D eigenvalue weighted by molar-refractivity contribution is 0.0951. The van der Waals surface area contributed by atoms with E-state index in [2.05, 4.69) is 35.3 Å². The Balaban J connectivity index is 1.66. The molecule has 0 heterocycles.